The summed E-state index contributed by atoms with van der Waals surface area (Å²) in [4.78, 5) is 2.70. The van der Waals surface area contributed by atoms with E-state index in [-0.39, 0.29) is 0 Å². The zero-order valence-corrected chi connectivity index (χ0v) is 11.7. The van der Waals surface area contributed by atoms with Gasteiger partial charge in [-0.05, 0) is 52.7 Å². The van der Waals surface area contributed by atoms with Gasteiger partial charge in [0.05, 0.1) is 6.61 Å². The van der Waals surface area contributed by atoms with Crippen LogP contribution in [0, 0.1) is 5.92 Å². The summed E-state index contributed by atoms with van der Waals surface area (Å²) in [6.45, 7) is 9.21. The summed E-state index contributed by atoms with van der Waals surface area (Å²) in [7, 11) is 2.12. The molecule has 3 nitrogen and oxygen atoms in total. The Morgan fingerprint density at radius 2 is 2.12 bits per heavy atom. The van der Waals surface area contributed by atoms with Crippen molar-refractivity contribution in [1.82, 2.24) is 10.2 Å². The van der Waals surface area contributed by atoms with Crippen LogP contribution in [0.25, 0.3) is 0 Å². The van der Waals surface area contributed by atoms with Crippen LogP contribution < -0.4 is 5.32 Å². The Kier molecular flexibility index (Phi) is 4.45. The van der Waals surface area contributed by atoms with Crippen molar-refractivity contribution < 1.29 is 4.74 Å². The van der Waals surface area contributed by atoms with Gasteiger partial charge in [-0.15, -0.1) is 0 Å². The second-order valence-electron chi connectivity index (χ2n) is 5.79. The normalized spacial score (nSPS) is 31.6. The second kappa shape index (κ2) is 5.68. The van der Waals surface area contributed by atoms with Crippen molar-refractivity contribution in [2.75, 3.05) is 33.4 Å². The van der Waals surface area contributed by atoms with E-state index in [9.17, 15) is 0 Å². The predicted molar refractivity (Wildman–Crippen MR) is 71.3 cm³/mol. The lowest BCUT2D eigenvalue weighted by Crippen LogP contribution is -2.60. The number of rotatable bonds is 5. The third-order valence-corrected chi connectivity index (χ3v) is 4.96. The fourth-order valence-electron chi connectivity index (χ4n) is 3.74. The van der Waals surface area contributed by atoms with Crippen molar-refractivity contribution in [1.29, 1.82) is 0 Å². The van der Waals surface area contributed by atoms with Crippen molar-refractivity contribution in [3.63, 3.8) is 0 Å². The van der Waals surface area contributed by atoms with E-state index >= 15 is 0 Å². The molecule has 2 saturated heterocycles. The molecule has 0 aromatic rings. The first-order chi connectivity index (χ1) is 8.22. The molecule has 3 heteroatoms. The molecule has 0 aromatic carbocycles. The molecule has 100 valence electrons. The minimum Gasteiger partial charge on any atom is -0.381 e. The van der Waals surface area contributed by atoms with Crippen molar-refractivity contribution in [3.8, 4) is 0 Å². The highest BCUT2D eigenvalue weighted by molar-refractivity contribution is 5.01. The van der Waals surface area contributed by atoms with Crippen LogP contribution >= 0.6 is 0 Å². The first kappa shape index (κ1) is 13.3. The quantitative estimate of drug-likeness (QED) is 0.794. The molecular weight excluding hydrogens is 212 g/mol. The van der Waals surface area contributed by atoms with Crippen molar-refractivity contribution >= 4 is 0 Å². The third kappa shape index (κ3) is 2.51. The molecule has 0 saturated carbocycles. The molecule has 0 bridgehead atoms. The Hall–Kier alpha value is -0.120. The zero-order valence-electron chi connectivity index (χ0n) is 11.7. The number of hydrogen-bond donors (Lipinski definition) is 1. The van der Waals surface area contributed by atoms with Crippen LogP contribution in [0.4, 0.5) is 0 Å². The molecule has 2 heterocycles. The molecule has 2 fully saturated rings. The summed E-state index contributed by atoms with van der Waals surface area (Å²) < 4.78 is 5.58. The standard InChI is InChI=1S/C14H28N2O/c1-4-14(2,16-8-5-6-9-16)13(15-3)12-7-10-17-11-12/h12-13,15H,4-11H2,1-3H3. The van der Waals surface area contributed by atoms with Crippen LogP contribution in [-0.2, 0) is 4.74 Å². The minimum absolute atomic E-state index is 0.295. The first-order valence-electron chi connectivity index (χ1n) is 7.22. The van der Waals surface area contributed by atoms with Gasteiger partial charge in [-0.3, -0.25) is 4.90 Å². The number of hydrogen-bond acceptors (Lipinski definition) is 3. The molecule has 0 aliphatic carbocycles. The van der Waals surface area contributed by atoms with Gasteiger partial charge >= 0.3 is 0 Å². The summed E-state index contributed by atoms with van der Waals surface area (Å²) in [6.07, 6.45) is 5.17. The molecular formula is C14H28N2O. The molecule has 2 aliphatic rings. The van der Waals surface area contributed by atoms with E-state index in [1.54, 1.807) is 0 Å². The van der Waals surface area contributed by atoms with Crippen molar-refractivity contribution in [2.24, 2.45) is 5.92 Å². The van der Waals surface area contributed by atoms with E-state index in [1.807, 2.05) is 0 Å². The number of nitrogens with zero attached hydrogens (tertiary/aromatic N) is 1. The molecule has 0 aromatic heterocycles. The smallest absolute Gasteiger partial charge is 0.0510 e. The van der Waals surface area contributed by atoms with Crippen LogP contribution in [0.1, 0.15) is 39.5 Å². The van der Waals surface area contributed by atoms with E-state index in [0.29, 0.717) is 17.5 Å². The maximum absolute atomic E-state index is 5.58. The molecule has 2 aliphatic heterocycles. The molecule has 2 rings (SSSR count). The highest BCUT2D eigenvalue weighted by atomic mass is 16.5. The summed E-state index contributed by atoms with van der Waals surface area (Å²) in [5.41, 5.74) is 0.295. The van der Waals surface area contributed by atoms with Gasteiger partial charge < -0.3 is 10.1 Å². The Balaban J connectivity index is 2.11. The summed E-state index contributed by atoms with van der Waals surface area (Å²) in [5, 5.41) is 3.59. The molecule has 0 amide bonds. The van der Waals surface area contributed by atoms with Crippen molar-refractivity contribution in [3.05, 3.63) is 0 Å². The number of likely N-dealkylation sites (tertiary alicyclic amines) is 1. The predicted octanol–water partition coefficient (Wildman–Crippen LogP) is 1.88. The summed E-state index contributed by atoms with van der Waals surface area (Å²) in [5.74, 6) is 0.686. The average molecular weight is 240 g/mol. The molecule has 3 atom stereocenters. The van der Waals surface area contributed by atoms with E-state index in [1.165, 1.54) is 38.8 Å². The Bertz CT molecular complexity index is 234. The van der Waals surface area contributed by atoms with Gasteiger partial charge in [-0.1, -0.05) is 6.92 Å². The molecule has 17 heavy (non-hydrogen) atoms. The van der Waals surface area contributed by atoms with Gasteiger partial charge in [0, 0.05) is 24.1 Å². The van der Waals surface area contributed by atoms with Gasteiger partial charge in [0.2, 0.25) is 0 Å². The van der Waals surface area contributed by atoms with E-state index in [0.717, 1.165) is 13.2 Å². The van der Waals surface area contributed by atoms with Crippen LogP contribution in [-0.4, -0.2) is 49.8 Å². The molecule has 1 N–H and O–H groups in total. The average Bonchev–Trinajstić information content (AvgIpc) is 3.02. The Morgan fingerprint density at radius 3 is 2.59 bits per heavy atom. The van der Waals surface area contributed by atoms with E-state index in [4.69, 9.17) is 4.74 Å². The first-order valence-corrected chi connectivity index (χ1v) is 7.22. The fourth-order valence-corrected chi connectivity index (χ4v) is 3.74. The summed E-state index contributed by atoms with van der Waals surface area (Å²) in [6, 6.07) is 0.563. The second-order valence-corrected chi connectivity index (χ2v) is 5.79. The van der Waals surface area contributed by atoms with Gasteiger partial charge in [0.25, 0.3) is 0 Å². The van der Waals surface area contributed by atoms with Gasteiger partial charge in [-0.25, -0.2) is 0 Å². The third-order valence-electron chi connectivity index (χ3n) is 4.96. The number of ether oxygens (including phenoxy) is 1. The SMILES string of the molecule is CCC(C)(C(NC)C1CCOC1)N1CCCC1. The zero-order chi connectivity index (χ0) is 12.3. The van der Waals surface area contributed by atoms with Gasteiger partial charge in [-0.2, -0.15) is 0 Å². The van der Waals surface area contributed by atoms with Crippen molar-refractivity contribution in [2.45, 2.75) is 51.1 Å². The molecule has 3 unspecified atom stereocenters. The van der Waals surface area contributed by atoms with Crippen LogP contribution in [0.15, 0.2) is 0 Å². The largest absolute Gasteiger partial charge is 0.381 e. The highest BCUT2D eigenvalue weighted by Crippen LogP contribution is 2.33. The monoisotopic (exact) mass is 240 g/mol. The maximum atomic E-state index is 5.58. The van der Waals surface area contributed by atoms with E-state index in [2.05, 4.69) is 31.1 Å². The summed E-state index contributed by atoms with van der Waals surface area (Å²) >= 11 is 0. The van der Waals surface area contributed by atoms with E-state index < -0.39 is 0 Å². The molecule has 0 spiro atoms. The molecule has 0 radical (unpaired) electrons. The topological polar surface area (TPSA) is 24.5 Å². The minimum atomic E-state index is 0.295. The lowest BCUT2D eigenvalue weighted by atomic mass is 9.79. The lowest BCUT2D eigenvalue weighted by Gasteiger charge is -2.46. The number of nitrogens with one attached hydrogen (secondary N) is 1. The fraction of sp³-hybridized carbons (Fsp3) is 1.00. The van der Waals surface area contributed by atoms with Gasteiger partial charge in [0.15, 0.2) is 0 Å². The highest BCUT2D eigenvalue weighted by Gasteiger charge is 2.43. The lowest BCUT2D eigenvalue weighted by molar-refractivity contribution is 0.0558. The van der Waals surface area contributed by atoms with Crippen LogP contribution in [0.2, 0.25) is 0 Å². The van der Waals surface area contributed by atoms with Gasteiger partial charge in [0.1, 0.15) is 0 Å². The Labute approximate surface area is 106 Å². The Morgan fingerprint density at radius 1 is 1.41 bits per heavy atom. The number of likely N-dealkylation sites (N-methyl/N-ethyl adjacent to an activating group) is 1. The maximum Gasteiger partial charge on any atom is 0.0510 e. The van der Waals surface area contributed by atoms with Crippen LogP contribution in [0.5, 0.6) is 0 Å². The van der Waals surface area contributed by atoms with Crippen LogP contribution in [0.3, 0.4) is 0 Å².